The summed E-state index contributed by atoms with van der Waals surface area (Å²) in [5.41, 5.74) is 3.17. The third-order valence-corrected chi connectivity index (χ3v) is 3.74. The van der Waals surface area contributed by atoms with Crippen LogP contribution in [0.15, 0.2) is 40.9 Å². The monoisotopic (exact) mass is 333 g/mol. The van der Waals surface area contributed by atoms with Gasteiger partial charge in [0.25, 0.3) is 5.91 Å². The molecule has 0 aromatic heterocycles. The van der Waals surface area contributed by atoms with Gasteiger partial charge in [0.2, 0.25) is 0 Å². The summed E-state index contributed by atoms with van der Waals surface area (Å²) in [6.07, 6.45) is 0.950. The molecule has 0 bridgehead atoms. The van der Waals surface area contributed by atoms with Crippen molar-refractivity contribution in [3.8, 4) is 5.75 Å². The summed E-state index contributed by atoms with van der Waals surface area (Å²) in [5, 5.41) is 12.5. The van der Waals surface area contributed by atoms with Crippen LogP contribution in [0, 0.1) is 6.92 Å². The Morgan fingerprint density at radius 3 is 2.45 bits per heavy atom. The fraction of sp³-hybridized carbons (Fsp3) is 0.188. The highest BCUT2D eigenvalue weighted by molar-refractivity contribution is 9.10. The number of phenolic OH excluding ortho intramolecular Hbond substituents is 1. The molecule has 0 heterocycles. The Balaban J connectivity index is 2.18. The second-order valence-electron chi connectivity index (χ2n) is 4.63. The van der Waals surface area contributed by atoms with E-state index >= 15 is 0 Å². The van der Waals surface area contributed by atoms with E-state index in [0.29, 0.717) is 21.3 Å². The van der Waals surface area contributed by atoms with E-state index in [2.05, 4.69) is 28.2 Å². The Labute approximate surface area is 126 Å². The van der Waals surface area contributed by atoms with Crippen LogP contribution in [0.2, 0.25) is 0 Å². The fourth-order valence-electron chi connectivity index (χ4n) is 1.90. The van der Waals surface area contributed by atoms with Crippen molar-refractivity contribution in [2.24, 2.45) is 0 Å². The van der Waals surface area contributed by atoms with Gasteiger partial charge in [-0.25, -0.2) is 0 Å². The first kappa shape index (κ1) is 14.6. The number of amides is 1. The lowest BCUT2D eigenvalue weighted by atomic mass is 10.1. The molecule has 0 fully saturated rings. The molecule has 0 atom stereocenters. The largest absolute Gasteiger partial charge is 0.506 e. The molecule has 0 spiro atoms. The zero-order chi connectivity index (χ0) is 14.7. The van der Waals surface area contributed by atoms with Crippen molar-refractivity contribution in [2.45, 2.75) is 20.3 Å². The third-order valence-electron chi connectivity index (χ3n) is 3.14. The summed E-state index contributed by atoms with van der Waals surface area (Å²) in [6.45, 7) is 3.86. The summed E-state index contributed by atoms with van der Waals surface area (Å²) in [4.78, 5) is 12.1. The average Bonchev–Trinajstić information content (AvgIpc) is 2.44. The van der Waals surface area contributed by atoms with Gasteiger partial charge in [0, 0.05) is 11.3 Å². The molecule has 0 unspecified atom stereocenters. The van der Waals surface area contributed by atoms with E-state index in [1.165, 1.54) is 5.56 Å². The van der Waals surface area contributed by atoms with E-state index in [1.807, 2.05) is 24.3 Å². The number of phenols is 1. The number of aryl methyl sites for hydroxylation is 2. The summed E-state index contributed by atoms with van der Waals surface area (Å²) < 4.78 is 0.564. The van der Waals surface area contributed by atoms with Gasteiger partial charge in [-0.1, -0.05) is 19.1 Å². The van der Waals surface area contributed by atoms with Crippen LogP contribution in [0.25, 0.3) is 0 Å². The standard InChI is InChI=1S/C16H16BrNO2/c1-3-11-4-6-12(7-5-11)16(20)18-13-8-10(2)15(19)14(17)9-13/h4-9,19H,3H2,1-2H3,(H,18,20). The highest BCUT2D eigenvalue weighted by atomic mass is 79.9. The van der Waals surface area contributed by atoms with Crippen LogP contribution >= 0.6 is 15.9 Å². The maximum atomic E-state index is 12.1. The van der Waals surface area contributed by atoms with Crippen LogP contribution in [0.1, 0.15) is 28.4 Å². The predicted octanol–water partition coefficient (Wildman–Crippen LogP) is 4.28. The zero-order valence-electron chi connectivity index (χ0n) is 11.4. The number of benzene rings is 2. The topological polar surface area (TPSA) is 49.3 Å². The number of anilines is 1. The molecule has 0 aliphatic carbocycles. The van der Waals surface area contributed by atoms with Gasteiger partial charge in [0.1, 0.15) is 5.75 Å². The van der Waals surface area contributed by atoms with Gasteiger partial charge < -0.3 is 10.4 Å². The number of carbonyl (C=O) groups excluding carboxylic acids is 1. The Kier molecular flexibility index (Phi) is 4.45. The first-order valence-electron chi connectivity index (χ1n) is 6.40. The van der Waals surface area contributed by atoms with Crippen LogP contribution in [-0.4, -0.2) is 11.0 Å². The van der Waals surface area contributed by atoms with Crippen molar-refractivity contribution in [3.05, 3.63) is 57.6 Å². The Hall–Kier alpha value is -1.81. The van der Waals surface area contributed by atoms with Crippen molar-refractivity contribution >= 4 is 27.5 Å². The van der Waals surface area contributed by atoms with E-state index in [1.54, 1.807) is 19.1 Å². The number of aromatic hydroxyl groups is 1. The molecule has 3 nitrogen and oxygen atoms in total. The summed E-state index contributed by atoms with van der Waals surface area (Å²) in [5.74, 6) is 0.0277. The van der Waals surface area contributed by atoms with Crippen LogP contribution in [0.4, 0.5) is 5.69 Å². The number of nitrogens with one attached hydrogen (secondary N) is 1. The van der Waals surface area contributed by atoms with E-state index in [9.17, 15) is 9.90 Å². The average molecular weight is 334 g/mol. The normalized spacial score (nSPS) is 10.3. The summed E-state index contributed by atoms with van der Waals surface area (Å²) >= 11 is 3.26. The van der Waals surface area contributed by atoms with Crippen LogP contribution in [-0.2, 0) is 6.42 Å². The molecular formula is C16H16BrNO2. The van der Waals surface area contributed by atoms with Crippen LogP contribution < -0.4 is 5.32 Å². The molecule has 20 heavy (non-hydrogen) atoms. The number of carbonyl (C=O) groups is 1. The molecule has 2 rings (SSSR count). The van der Waals surface area contributed by atoms with Crippen molar-refractivity contribution < 1.29 is 9.90 Å². The molecule has 2 aromatic carbocycles. The van der Waals surface area contributed by atoms with Crippen molar-refractivity contribution in [1.29, 1.82) is 0 Å². The Morgan fingerprint density at radius 2 is 1.90 bits per heavy atom. The predicted molar refractivity (Wildman–Crippen MR) is 84.3 cm³/mol. The maximum Gasteiger partial charge on any atom is 0.255 e. The Morgan fingerprint density at radius 1 is 1.25 bits per heavy atom. The SMILES string of the molecule is CCc1ccc(C(=O)Nc2cc(C)c(O)c(Br)c2)cc1. The molecule has 0 radical (unpaired) electrons. The minimum atomic E-state index is -0.162. The molecule has 0 aliphatic heterocycles. The van der Waals surface area contributed by atoms with Gasteiger partial charge >= 0.3 is 0 Å². The first-order valence-corrected chi connectivity index (χ1v) is 7.20. The van der Waals surface area contributed by atoms with Gasteiger partial charge in [-0.15, -0.1) is 0 Å². The molecule has 4 heteroatoms. The molecule has 2 N–H and O–H groups in total. The highest BCUT2D eigenvalue weighted by Crippen LogP contribution is 2.31. The number of hydrogen-bond donors (Lipinski definition) is 2. The molecular weight excluding hydrogens is 318 g/mol. The van der Waals surface area contributed by atoms with Gasteiger partial charge in [-0.2, -0.15) is 0 Å². The third kappa shape index (κ3) is 3.20. The molecule has 0 aliphatic rings. The second kappa shape index (κ2) is 6.09. The quantitative estimate of drug-likeness (QED) is 0.823. The molecule has 0 saturated heterocycles. The number of halogens is 1. The zero-order valence-corrected chi connectivity index (χ0v) is 13.0. The minimum absolute atomic E-state index is 0.162. The highest BCUT2D eigenvalue weighted by Gasteiger charge is 2.09. The van der Waals surface area contributed by atoms with Crippen LogP contribution in [0.3, 0.4) is 0 Å². The molecule has 2 aromatic rings. The lowest BCUT2D eigenvalue weighted by Crippen LogP contribution is -2.12. The van der Waals surface area contributed by atoms with E-state index in [0.717, 1.165) is 6.42 Å². The van der Waals surface area contributed by atoms with E-state index in [-0.39, 0.29) is 11.7 Å². The summed E-state index contributed by atoms with van der Waals surface area (Å²) in [7, 11) is 0. The van der Waals surface area contributed by atoms with E-state index < -0.39 is 0 Å². The van der Waals surface area contributed by atoms with Gasteiger partial charge in [0.15, 0.2) is 0 Å². The van der Waals surface area contributed by atoms with E-state index in [4.69, 9.17) is 0 Å². The second-order valence-corrected chi connectivity index (χ2v) is 5.48. The smallest absolute Gasteiger partial charge is 0.255 e. The lowest BCUT2D eigenvalue weighted by Gasteiger charge is -2.09. The number of hydrogen-bond acceptors (Lipinski definition) is 2. The van der Waals surface area contributed by atoms with Crippen molar-refractivity contribution in [1.82, 2.24) is 0 Å². The maximum absolute atomic E-state index is 12.1. The van der Waals surface area contributed by atoms with Crippen LogP contribution in [0.5, 0.6) is 5.75 Å². The fourth-order valence-corrected chi connectivity index (χ4v) is 2.46. The van der Waals surface area contributed by atoms with Gasteiger partial charge in [-0.05, 0) is 64.7 Å². The first-order chi connectivity index (χ1) is 9.51. The van der Waals surface area contributed by atoms with Gasteiger partial charge in [0.05, 0.1) is 4.47 Å². The molecule has 104 valence electrons. The molecule has 1 amide bonds. The summed E-state index contributed by atoms with van der Waals surface area (Å²) in [6, 6.07) is 11.0. The Bertz CT molecular complexity index is 612. The van der Waals surface area contributed by atoms with Gasteiger partial charge in [-0.3, -0.25) is 4.79 Å². The number of rotatable bonds is 3. The minimum Gasteiger partial charge on any atom is -0.506 e. The van der Waals surface area contributed by atoms with Crippen molar-refractivity contribution in [2.75, 3.05) is 5.32 Å². The lowest BCUT2D eigenvalue weighted by molar-refractivity contribution is 0.102. The van der Waals surface area contributed by atoms with Crippen molar-refractivity contribution in [3.63, 3.8) is 0 Å². The molecule has 0 saturated carbocycles.